The lowest BCUT2D eigenvalue weighted by Crippen LogP contribution is -2.42. The first-order valence-electron chi connectivity index (χ1n) is 10.8. The van der Waals surface area contributed by atoms with Crippen molar-refractivity contribution in [1.82, 2.24) is 0 Å². The highest BCUT2D eigenvalue weighted by molar-refractivity contribution is 5.51. The predicted molar refractivity (Wildman–Crippen MR) is 116 cm³/mol. The molecule has 0 bridgehead atoms. The van der Waals surface area contributed by atoms with E-state index in [-0.39, 0.29) is 30.0 Å². The number of benzene rings is 2. The minimum atomic E-state index is -0.339. The summed E-state index contributed by atoms with van der Waals surface area (Å²) in [5, 5.41) is 19.7. The number of phenols is 1. The van der Waals surface area contributed by atoms with E-state index in [9.17, 15) is 5.11 Å². The van der Waals surface area contributed by atoms with E-state index in [0.717, 1.165) is 44.1 Å². The van der Waals surface area contributed by atoms with Crippen LogP contribution in [0.1, 0.15) is 57.6 Å². The highest BCUT2D eigenvalue weighted by Gasteiger charge is 2.37. The van der Waals surface area contributed by atoms with Crippen LogP contribution in [-0.2, 0) is 12.8 Å². The second-order valence-corrected chi connectivity index (χ2v) is 8.70. The summed E-state index contributed by atoms with van der Waals surface area (Å²) in [5.41, 5.74) is 1.85. The van der Waals surface area contributed by atoms with Crippen LogP contribution in [0.3, 0.4) is 0 Å². The summed E-state index contributed by atoms with van der Waals surface area (Å²) in [5.74, 6) is 1.86. The number of fused-ring (bicyclic) bond motifs is 1. The van der Waals surface area contributed by atoms with Crippen molar-refractivity contribution in [2.45, 2.75) is 71.0 Å². The molecule has 3 rings (SSSR count). The van der Waals surface area contributed by atoms with E-state index in [2.05, 4.69) is 45.0 Å². The molecule has 29 heavy (non-hydrogen) atoms. The summed E-state index contributed by atoms with van der Waals surface area (Å²) in [7, 11) is 0. The van der Waals surface area contributed by atoms with Crippen LogP contribution >= 0.6 is 0 Å². The van der Waals surface area contributed by atoms with Crippen molar-refractivity contribution in [3.63, 3.8) is 0 Å². The SMILES string of the molecule is CC(CCCc1ccccc1)Oc1cc(O)c2c(c1)OC(C)(C)C(CCCO)C2. The number of aliphatic hydroxyl groups is 1. The molecule has 0 fully saturated rings. The Morgan fingerprint density at radius 2 is 1.93 bits per heavy atom. The highest BCUT2D eigenvalue weighted by Crippen LogP contribution is 2.44. The fourth-order valence-corrected chi connectivity index (χ4v) is 4.15. The van der Waals surface area contributed by atoms with Crippen LogP contribution in [0, 0.1) is 5.92 Å². The fraction of sp³-hybridized carbons (Fsp3) is 0.520. The smallest absolute Gasteiger partial charge is 0.130 e. The van der Waals surface area contributed by atoms with Gasteiger partial charge in [-0.2, -0.15) is 0 Å². The van der Waals surface area contributed by atoms with Crippen LogP contribution in [0.15, 0.2) is 42.5 Å². The van der Waals surface area contributed by atoms with Gasteiger partial charge >= 0.3 is 0 Å². The quantitative estimate of drug-likeness (QED) is 0.603. The van der Waals surface area contributed by atoms with Gasteiger partial charge in [-0.05, 0) is 64.9 Å². The number of hydrogen-bond donors (Lipinski definition) is 2. The summed E-state index contributed by atoms with van der Waals surface area (Å²) >= 11 is 0. The molecule has 4 nitrogen and oxygen atoms in total. The minimum Gasteiger partial charge on any atom is -0.507 e. The van der Waals surface area contributed by atoms with Crippen molar-refractivity contribution in [1.29, 1.82) is 0 Å². The topological polar surface area (TPSA) is 58.9 Å². The number of aromatic hydroxyl groups is 1. The Morgan fingerprint density at radius 3 is 2.66 bits per heavy atom. The van der Waals surface area contributed by atoms with Crippen LogP contribution in [0.2, 0.25) is 0 Å². The standard InChI is InChI=1S/C25H34O4/c1-18(9-7-12-19-10-5-4-6-11-19)28-21-16-23(27)22-15-20(13-8-14-26)25(2,3)29-24(22)17-21/h4-6,10-11,16-18,20,26-27H,7-9,12-15H2,1-3H3. The third-order valence-corrected chi connectivity index (χ3v) is 5.93. The van der Waals surface area contributed by atoms with Gasteiger partial charge < -0.3 is 19.7 Å². The molecule has 0 aromatic heterocycles. The first kappa shape index (κ1) is 21.5. The molecule has 158 valence electrons. The summed E-state index contributed by atoms with van der Waals surface area (Å²) in [6, 6.07) is 14.1. The number of ether oxygens (including phenoxy) is 2. The summed E-state index contributed by atoms with van der Waals surface area (Å²) in [4.78, 5) is 0. The first-order chi connectivity index (χ1) is 13.9. The monoisotopic (exact) mass is 398 g/mol. The maximum atomic E-state index is 10.6. The number of rotatable bonds is 9. The molecular weight excluding hydrogens is 364 g/mol. The zero-order chi connectivity index (χ0) is 20.9. The molecule has 2 aromatic rings. The molecule has 2 unspecified atom stereocenters. The molecule has 2 N–H and O–H groups in total. The lowest BCUT2D eigenvalue weighted by Gasteiger charge is -2.40. The van der Waals surface area contributed by atoms with Crippen LogP contribution in [-0.4, -0.2) is 28.5 Å². The second kappa shape index (κ2) is 9.53. The van der Waals surface area contributed by atoms with Crippen LogP contribution in [0.25, 0.3) is 0 Å². The molecular formula is C25H34O4. The van der Waals surface area contributed by atoms with E-state index in [1.807, 2.05) is 12.1 Å². The highest BCUT2D eigenvalue weighted by atomic mass is 16.5. The first-order valence-corrected chi connectivity index (χ1v) is 10.8. The van der Waals surface area contributed by atoms with Crippen LogP contribution in [0.4, 0.5) is 0 Å². The lowest BCUT2D eigenvalue weighted by atomic mass is 9.79. The molecule has 4 heteroatoms. The molecule has 0 aliphatic carbocycles. The van der Waals surface area contributed by atoms with Gasteiger partial charge in [-0.25, -0.2) is 0 Å². The third-order valence-electron chi connectivity index (χ3n) is 5.93. The van der Waals surface area contributed by atoms with Gasteiger partial charge in [-0.3, -0.25) is 0 Å². The molecule has 0 saturated heterocycles. The fourth-order valence-electron chi connectivity index (χ4n) is 4.15. The molecule has 0 saturated carbocycles. The van der Waals surface area contributed by atoms with Crippen molar-refractivity contribution in [2.75, 3.05) is 6.61 Å². The predicted octanol–water partition coefficient (Wildman–Crippen LogP) is 5.28. The number of phenolic OH excluding ortho intramolecular Hbond substituents is 1. The van der Waals surface area contributed by atoms with Gasteiger partial charge in [-0.1, -0.05) is 30.3 Å². The van der Waals surface area contributed by atoms with Crippen LogP contribution in [0.5, 0.6) is 17.2 Å². The average Bonchev–Trinajstić information content (AvgIpc) is 2.67. The van der Waals surface area contributed by atoms with Gasteiger partial charge in [0.1, 0.15) is 22.8 Å². The maximum absolute atomic E-state index is 10.6. The lowest BCUT2D eigenvalue weighted by molar-refractivity contribution is 0.0188. The van der Waals surface area contributed by atoms with Crippen LogP contribution < -0.4 is 9.47 Å². The zero-order valence-corrected chi connectivity index (χ0v) is 17.9. The Kier molecular flexibility index (Phi) is 7.07. The van der Waals surface area contributed by atoms with E-state index in [0.29, 0.717) is 11.5 Å². The number of hydrogen-bond acceptors (Lipinski definition) is 4. The summed E-state index contributed by atoms with van der Waals surface area (Å²) in [6.45, 7) is 6.40. The van der Waals surface area contributed by atoms with Gasteiger partial charge in [0.25, 0.3) is 0 Å². The van der Waals surface area contributed by atoms with E-state index >= 15 is 0 Å². The van der Waals surface area contributed by atoms with Crippen molar-refractivity contribution in [2.24, 2.45) is 5.92 Å². The van der Waals surface area contributed by atoms with E-state index in [1.54, 1.807) is 6.07 Å². The van der Waals surface area contributed by atoms with Crippen molar-refractivity contribution in [3.05, 3.63) is 53.6 Å². The van der Waals surface area contributed by atoms with Gasteiger partial charge in [0.2, 0.25) is 0 Å². The van der Waals surface area contributed by atoms with Crippen molar-refractivity contribution < 1.29 is 19.7 Å². The largest absolute Gasteiger partial charge is 0.507 e. The van der Waals surface area contributed by atoms with Gasteiger partial charge in [0.15, 0.2) is 0 Å². The zero-order valence-electron chi connectivity index (χ0n) is 17.9. The Morgan fingerprint density at radius 1 is 1.17 bits per heavy atom. The normalized spacial score (nSPS) is 18.6. The molecule has 2 atom stereocenters. The Hall–Kier alpha value is -2.20. The molecule has 1 aliphatic heterocycles. The molecule has 0 spiro atoms. The average molecular weight is 399 g/mol. The Labute approximate surface area is 174 Å². The van der Waals surface area contributed by atoms with Gasteiger partial charge in [0.05, 0.1) is 6.10 Å². The third kappa shape index (κ3) is 5.66. The molecule has 1 aliphatic rings. The molecule has 1 heterocycles. The number of aryl methyl sites for hydroxylation is 1. The Balaban J connectivity index is 1.61. The maximum Gasteiger partial charge on any atom is 0.130 e. The molecule has 0 radical (unpaired) electrons. The summed E-state index contributed by atoms with van der Waals surface area (Å²) in [6.07, 6.45) is 5.47. The molecule has 0 amide bonds. The Bertz CT molecular complexity index is 785. The summed E-state index contributed by atoms with van der Waals surface area (Å²) < 4.78 is 12.3. The minimum absolute atomic E-state index is 0.0602. The van der Waals surface area contributed by atoms with E-state index < -0.39 is 0 Å². The van der Waals surface area contributed by atoms with Crippen molar-refractivity contribution >= 4 is 0 Å². The number of aliphatic hydroxyl groups excluding tert-OH is 1. The van der Waals surface area contributed by atoms with Gasteiger partial charge in [-0.15, -0.1) is 0 Å². The van der Waals surface area contributed by atoms with E-state index in [1.165, 1.54) is 5.56 Å². The van der Waals surface area contributed by atoms with Gasteiger partial charge in [0, 0.05) is 30.2 Å². The molecule has 2 aromatic carbocycles. The van der Waals surface area contributed by atoms with Crippen molar-refractivity contribution in [3.8, 4) is 17.2 Å². The van der Waals surface area contributed by atoms with E-state index in [4.69, 9.17) is 14.6 Å². The second-order valence-electron chi connectivity index (χ2n) is 8.70.